The van der Waals surface area contributed by atoms with Gasteiger partial charge in [0.25, 0.3) is 5.91 Å². The first kappa shape index (κ1) is 19.0. The Morgan fingerprint density at radius 3 is 2.77 bits per heavy atom. The Kier molecular flexibility index (Phi) is 5.09. The molecular formula is C24H28N3O3+. The van der Waals surface area contributed by atoms with Crippen LogP contribution in [0, 0.1) is 0 Å². The summed E-state index contributed by atoms with van der Waals surface area (Å²) in [5.74, 6) is 2.23. The quantitative estimate of drug-likeness (QED) is 0.708. The summed E-state index contributed by atoms with van der Waals surface area (Å²) in [5.41, 5.74) is 2.45. The molecule has 3 aromatic rings. The molecule has 156 valence electrons. The van der Waals surface area contributed by atoms with Crippen LogP contribution in [0.2, 0.25) is 0 Å². The van der Waals surface area contributed by atoms with Crippen LogP contribution in [0.4, 0.5) is 0 Å². The topological polar surface area (TPSA) is 52.1 Å². The molecule has 0 bridgehead atoms. The van der Waals surface area contributed by atoms with Crippen molar-refractivity contribution in [2.24, 2.45) is 0 Å². The van der Waals surface area contributed by atoms with Gasteiger partial charge in [-0.2, -0.15) is 0 Å². The van der Waals surface area contributed by atoms with Gasteiger partial charge in [0, 0.05) is 19.3 Å². The number of methoxy groups -OCH3 is 1. The zero-order chi connectivity index (χ0) is 20.5. The molecular weight excluding hydrogens is 378 g/mol. The summed E-state index contributed by atoms with van der Waals surface area (Å²) in [4.78, 5) is 15.9. The molecule has 1 fully saturated rings. The maximum absolute atomic E-state index is 12.7. The van der Waals surface area contributed by atoms with E-state index < -0.39 is 0 Å². The molecule has 1 amide bonds. The van der Waals surface area contributed by atoms with E-state index in [-0.39, 0.29) is 11.9 Å². The lowest BCUT2D eigenvalue weighted by molar-refractivity contribution is -0.944. The number of nitrogens with one attached hydrogen (secondary N) is 1. The van der Waals surface area contributed by atoms with E-state index in [1.807, 2.05) is 29.2 Å². The van der Waals surface area contributed by atoms with Crippen LogP contribution in [0.1, 0.15) is 46.5 Å². The van der Waals surface area contributed by atoms with Crippen molar-refractivity contribution in [3.8, 4) is 5.75 Å². The molecule has 0 aliphatic carbocycles. The number of quaternary nitrogens is 1. The van der Waals surface area contributed by atoms with E-state index in [9.17, 15) is 4.79 Å². The van der Waals surface area contributed by atoms with E-state index in [1.54, 1.807) is 7.11 Å². The van der Waals surface area contributed by atoms with Crippen LogP contribution in [-0.2, 0) is 13.1 Å². The molecule has 2 aliphatic heterocycles. The van der Waals surface area contributed by atoms with E-state index in [2.05, 4.69) is 35.0 Å². The molecule has 6 heteroatoms. The molecule has 1 saturated heterocycles. The standard InChI is InChI=1S/C24H27N3O3/c1-29-21-9-3-2-7-19(21)23-20-8-6-14-25(20)15-16-27(23)17-18-10-11-22(30-18)24(28)26-12-4-5-13-26/h2-3,6-11,14,23H,4-5,12-13,15-17H2,1H3/p+1/t23-/m0/s1. The van der Waals surface area contributed by atoms with Crippen molar-refractivity contribution in [2.75, 3.05) is 26.7 Å². The fourth-order valence-corrected chi connectivity index (χ4v) is 4.87. The lowest BCUT2D eigenvalue weighted by Crippen LogP contribution is -3.12. The van der Waals surface area contributed by atoms with Gasteiger partial charge in [0.15, 0.2) is 17.6 Å². The number of para-hydroxylation sites is 1. The molecule has 1 unspecified atom stereocenters. The number of furan rings is 1. The minimum atomic E-state index is 0.0162. The molecule has 2 aliphatic rings. The zero-order valence-electron chi connectivity index (χ0n) is 17.3. The third-order valence-corrected chi connectivity index (χ3v) is 6.36. The Hall–Kier alpha value is -2.99. The van der Waals surface area contributed by atoms with Crippen LogP contribution in [-0.4, -0.2) is 42.1 Å². The Morgan fingerprint density at radius 1 is 1.10 bits per heavy atom. The normalized spacial score (nSPS) is 20.9. The molecule has 5 rings (SSSR count). The predicted octanol–water partition coefficient (Wildman–Crippen LogP) is 2.51. The minimum absolute atomic E-state index is 0.0162. The average molecular weight is 407 g/mol. The third kappa shape index (κ3) is 3.41. The number of benzene rings is 1. The summed E-state index contributed by atoms with van der Waals surface area (Å²) < 4.78 is 14.0. The Labute approximate surface area is 176 Å². The molecule has 6 nitrogen and oxygen atoms in total. The smallest absolute Gasteiger partial charge is 0.289 e. The van der Waals surface area contributed by atoms with Crippen molar-refractivity contribution in [1.29, 1.82) is 0 Å². The molecule has 2 aromatic heterocycles. The number of nitrogens with zero attached hydrogens (tertiary/aromatic N) is 2. The van der Waals surface area contributed by atoms with E-state index in [0.717, 1.165) is 57.1 Å². The lowest BCUT2D eigenvalue weighted by atomic mass is 9.98. The number of ether oxygens (including phenoxy) is 1. The molecule has 1 N–H and O–H groups in total. The average Bonchev–Trinajstić information content (AvgIpc) is 3.54. The number of rotatable bonds is 5. The monoisotopic (exact) mass is 406 g/mol. The number of fused-ring (bicyclic) bond motifs is 1. The Morgan fingerprint density at radius 2 is 1.93 bits per heavy atom. The van der Waals surface area contributed by atoms with Crippen molar-refractivity contribution in [3.63, 3.8) is 0 Å². The van der Waals surface area contributed by atoms with Gasteiger partial charge in [0.2, 0.25) is 0 Å². The minimum Gasteiger partial charge on any atom is -0.496 e. The van der Waals surface area contributed by atoms with Crippen LogP contribution in [0.5, 0.6) is 5.75 Å². The number of carbonyl (C=O) groups is 1. The van der Waals surface area contributed by atoms with E-state index in [4.69, 9.17) is 9.15 Å². The van der Waals surface area contributed by atoms with E-state index in [1.165, 1.54) is 16.2 Å². The number of likely N-dealkylation sites (tertiary alicyclic amines) is 1. The summed E-state index contributed by atoms with van der Waals surface area (Å²) in [7, 11) is 1.73. The van der Waals surface area contributed by atoms with Gasteiger partial charge in [0.1, 0.15) is 12.3 Å². The van der Waals surface area contributed by atoms with Gasteiger partial charge in [-0.15, -0.1) is 0 Å². The van der Waals surface area contributed by atoms with Crippen molar-refractivity contribution in [2.45, 2.75) is 32.0 Å². The molecule has 0 spiro atoms. The molecule has 4 heterocycles. The van der Waals surface area contributed by atoms with Crippen LogP contribution >= 0.6 is 0 Å². The Balaban J connectivity index is 1.43. The highest BCUT2D eigenvalue weighted by Crippen LogP contribution is 2.30. The van der Waals surface area contributed by atoms with Crippen molar-refractivity contribution in [1.82, 2.24) is 9.47 Å². The van der Waals surface area contributed by atoms with Gasteiger partial charge in [-0.05, 0) is 49.2 Å². The third-order valence-electron chi connectivity index (χ3n) is 6.36. The van der Waals surface area contributed by atoms with Crippen LogP contribution < -0.4 is 9.64 Å². The molecule has 0 saturated carbocycles. The molecule has 0 radical (unpaired) electrons. The summed E-state index contributed by atoms with van der Waals surface area (Å²) >= 11 is 0. The van der Waals surface area contributed by atoms with Gasteiger partial charge >= 0.3 is 0 Å². The lowest BCUT2D eigenvalue weighted by Gasteiger charge is -2.34. The highest BCUT2D eigenvalue weighted by Gasteiger charge is 2.35. The second kappa shape index (κ2) is 8.03. The second-order valence-corrected chi connectivity index (χ2v) is 8.15. The highest BCUT2D eigenvalue weighted by molar-refractivity contribution is 5.91. The van der Waals surface area contributed by atoms with Crippen LogP contribution in [0.3, 0.4) is 0 Å². The van der Waals surface area contributed by atoms with Crippen molar-refractivity contribution in [3.05, 3.63) is 77.5 Å². The van der Waals surface area contributed by atoms with Gasteiger partial charge in [-0.25, -0.2) is 0 Å². The first-order valence-electron chi connectivity index (χ1n) is 10.7. The fourth-order valence-electron chi connectivity index (χ4n) is 4.87. The highest BCUT2D eigenvalue weighted by atomic mass is 16.5. The number of carbonyl (C=O) groups excluding carboxylic acids is 1. The number of amides is 1. The largest absolute Gasteiger partial charge is 0.496 e. The SMILES string of the molecule is COc1ccccc1[C@H]1c2cccn2CC[NH+]1Cc1ccc(C(=O)N2CCCC2)o1. The fraction of sp³-hybridized carbons (Fsp3) is 0.375. The van der Waals surface area contributed by atoms with Gasteiger partial charge in [-0.1, -0.05) is 12.1 Å². The summed E-state index contributed by atoms with van der Waals surface area (Å²) in [6.07, 6.45) is 4.31. The van der Waals surface area contributed by atoms with E-state index >= 15 is 0 Å². The van der Waals surface area contributed by atoms with Crippen LogP contribution in [0.15, 0.2) is 59.1 Å². The maximum Gasteiger partial charge on any atom is 0.289 e. The van der Waals surface area contributed by atoms with Gasteiger partial charge < -0.3 is 23.5 Å². The van der Waals surface area contributed by atoms with Gasteiger partial charge in [0.05, 0.1) is 31.5 Å². The number of hydrogen-bond acceptors (Lipinski definition) is 3. The number of hydrogen-bond donors (Lipinski definition) is 1. The predicted molar refractivity (Wildman–Crippen MR) is 113 cm³/mol. The second-order valence-electron chi connectivity index (χ2n) is 8.15. The first-order chi connectivity index (χ1) is 14.7. The molecule has 30 heavy (non-hydrogen) atoms. The summed E-state index contributed by atoms with van der Waals surface area (Å²) in [6.45, 7) is 4.32. The van der Waals surface area contributed by atoms with Gasteiger partial charge in [-0.3, -0.25) is 4.79 Å². The van der Waals surface area contributed by atoms with Crippen molar-refractivity contribution >= 4 is 5.91 Å². The Bertz CT molecular complexity index is 1030. The maximum atomic E-state index is 12.7. The van der Waals surface area contributed by atoms with E-state index in [0.29, 0.717) is 5.76 Å². The molecule has 1 aromatic carbocycles. The van der Waals surface area contributed by atoms with Crippen LogP contribution in [0.25, 0.3) is 0 Å². The summed E-state index contributed by atoms with van der Waals surface area (Å²) in [5, 5.41) is 0. The molecule has 2 atom stereocenters. The van der Waals surface area contributed by atoms with Crippen molar-refractivity contribution < 1.29 is 18.8 Å². The zero-order valence-corrected chi connectivity index (χ0v) is 17.3. The first-order valence-corrected chi connectivity index (χ1v) is 10.7. The summed E-state index contributed by atoms with van der Waals surface area (Å²) in [6, 6.07) is 16.5. The number of aromatic nitrogens is 1.